The molecule has 2 atom stereocenters. The largest absolute Gasteiger partial charge is 0.325 e. The number of aromatic nitrogens is 2. The third kappa shape index (κ3) is 2.20. The number of nitrogens with one attached hydrogen (secondary N) is 1. The Morgan fingerprint density at radius 3 is 3.11 bits per heavy atom. The highest BCUT2D eigenvalue weighted by atomic mass is 35.5. The first-order chi connectivity index (χ1) is 8.75. The SMILES string of the molecule is CC(c1ccc(Cl)s1)n1cncc1[C@@H]1CCCN1. The molecule has 0 aromatic carbocycles. The molecule has 1 saturated heterocycles. The molecule has 0 amide bonds. The Labute approximate surface area is 116 Å². The second-order valence-electron chi connectivity index (χ2n) is 4.69. The van der Waals surface area contributed by atoms with E-state index in [1.807, 2.05) is 18.6 Å². The van der Waals surface area contributed by atoms with E-state index in [0.29, 0.717) is 12.1 Å². The zero-order chi connectivity index (χ0) is 12.5. The monoisotopic (exact) mass is 281 g/mol. The van der Waals surface area contributed by atoms with Crippen molar-refractivity contribution in [1.29, 1.82) is 0 Å². The van der Waals surface area contributed by atoms with Crippen LogP contribution in [0.5, 0.6) is 0 Å². The zero-order valence-electron chi connectivity index (χ0n) is 10.3. The summed E-state index contributed by atoms with van der Waals surface area (Å²) in [5.74, 6) is 0. The lowest BCUT2D eigenvalue weighted by Gasteiger charge is -2.19. The van der Waals surface area contributed by atoms with Crippen LogP contribution in [0.3, 0.4) is 0 Å². The lowest BCUT2D eigenvalue weighted by molar-refractivity contribution is 0.543. The van der Waals surface area contributed by atoms with Gasteiger partial charge in [0.2, 0.25) is 0 Å². The van der Waals surface area contributed by atoms with Crippen molar-refractivity contribution in [3.63, 3.8) is 0 Å². The van der Waals surface area contributed by atoms with Crippen molar-refractivity contribution in [2.45, 2.75) is 31.8 Å². The molecular weight excluding hydrogens is 266 g/mol. The van der Waals surface area contributed by atoms with Crippen molar-refractivity contribution in [3.05, 3.63) is 39.6 Å². The van der Waals surface area contributed by atoms with Crippen LogP contribution >= 0.6 is 22.9 Å². The highest BCUT2D eigenvalue weighted by molar-refractivity contribution is 7.16. The van der Waals surface area contributed by atoms with Gasteiger partial charge >= 0.3 is 0 Å². The minimum absolute atomic E-state index is 0.294. The van der Waals surface area contributed by atoms with Gasteiger partial charge in [0.15, 0.2) is 0 Å². The molecule has 0 aliphatic carbocycles. The molecule has 96 valence electrons. The van der Waals surface area contributed by atoms with E-state index in [0.717, 1.165) is 10.9 Å². The molecule has 1 aliphatic rings. The molecule has 1 unspecified atom stereocenters. The summed E-state index contributed by atoms with van der Waals surface area (Å²) >= 11 is 7.66. The van der Waals surface area contributed by atoms with Crippen LogP contribution in [-0.2, 0) is 0 Å². The van der Waals surface area contributed by atoms with Gasteiger partial charge in [-0.15, -0.1) is 11.3 Å². The fraction of sp³-hybridized carbons (Fsp3) is 0.462. The average Bonchev–Trinajstić information content (AvgIpc) is 3.08. The zero-order valence-corrected chi connectivity index (χ0v) is 11.8. The lowest BCUT2D eigenvalue weighted by atomic mass is 10.1. The van der Waals surface area contributed by atoms with Gasteiger partial charge in [-0.1, -0.05) is 11.6 Å². The number of nitrogens with zero attached hydrogens (tertiary/aromatic N) is 2. The fourth-order valence-electron chi connectivity index (χ4n) is 2.54. The summed E-state index contributed by atoms with van der Waals surface area (Å²) in [7, 11) is 0. The molecule has 2 aromatic heterocycles. The Morgan fingerprint density at radius 1 is 1.56 bits per heavy atom. The molecule has 2 aromatic rings. The normalized spacial score (nSPS) is 21.3. The molecule has 1 aliphatic heterocycles. The standard InChI is InChI=1S/C13H16ClN3S/c1-9(12-4-5-13(14)18-12)17-8-15-7-11(17)10-3-2-6-16-10/h4-5,7-10,16H,2-3,6H2,1H3/t9?,10-/m0/s1. The van der Waals surface area contributed by atoms with Crippen LogP contribution in [0.4, 0.5) is 0 Å². The molecule has 3 nitrogen and oxygen atoms in total. The summed E-state index contributed by atoms with van der Waals surface area (Å²) in [6, 6.07) is 4.80. The molecule has 3 heterocycles. The number of thiophene rings is 1. The Hall–Kier alpha value is -0.840. The van der Waals surface area contributed by atoms with Crippen LogP contribution in [0.25, 0.3) is 0 Å². The van der Waals surface area contributed by atoms with Gasteiger partial charge in [-0.2, -0.15) is 0 Å². The molecule has 1 fully saturated rings. The Morgan fingerprint density at radius 2 is 2.44 bits per heavy atom. The quantitative estimate of drug-likeness (QED) is 0.931. The van der Waals surface area contributed by atoms with Crippen LogP contribution in [0, 0.1) is 0 Å². The van der Waals surface area contributed by atoms with Crippen molar-refractivity contribution in [2.75, 3.05) is 6.54 Å². The van der Waals surface area contributed by atoms with Crippen molar-refractivity contribution in [1.82, 2.24) is 14.9 Å². The lowest BCUT2D eigenvalue weighted by Crippen LogP contribution is -2.18. The first-order valence-electron chi connectivity index (χ1n) is 6.26. The van der Waals surface area contributed by atoms with Gasteiger partial charge in [-0.25, -0.2) is 4.98 Å². The van der Waals surface area contributed by atoms with E-state index in [1.54, 1.807) is 11.3 Å². The average molecular weight is 282 g/mol. The third-order valence-electron chi connectivity index (χ3n) is 3.54. The maximum absolute atomic E-state index is 6.01. The van der Waals surface area contributed by atoms with E-state index in [2.05, 4.69) is 27.9 Å². The number of hydrogen-bond acceptors (Lipinski definition) is 3. The highest BCUT2D eigenvalue weighted by Gasteiger charge is 2.22. The summed E-state index contributed by atoms with van der Waals surface area (Å²) in [4.78, 5) is 5.59. The molecule has 0 saturated carbocycles. The van der Waals surface area contributed by atoms with Gasteiger partial charge in [0, 0.05) is 17.1 Å². The maximum Gasteiger partial charge on any atom is 0.0954 e. The van der Waals surface area contributed by atoms with Gasteiger partial charge in [0.05, 0.1) is 22.4 Å². The van der Waals surface area contributed by atoms with Crippen LogP contribution in [0.15, 0.2) is 24.7 Å². The topological polar surface area (TPSA) is 29.9 Å². The number of hydrogen-bond donors (Lipinski definition) is 1. The van der Waals surface area contributed by atoms with E-state index in [9.17, 15) is 0 Å². The van der Waals surface area contributed by atoms with Crippen molar-refractivity contribution < 1.29 is 0 Å². The molecule has 3 rings (SSSR count). The predicted octanol–water partition coefficient (Wildman–Crippen LogP) is 3.63. The van der Waals surface area contributed by atoms with E-state index >= 15 is 0 Å². The fourth-order valence-corrected chi connectivity index (χ4v) is 3.65. The second-order valence-corrected chi connectivity index (χ2v) is 6.44. The highest BCUT2D eigenvalue weighted by Crippen LogP contribution is 2.32. The number of rotatable bonds is 3. The molecule has 1 N–H and O–H groups in total. The third-order valence-corrected chi connectivity index (χ3v) is 4.94. The number of imidazole rings is 1. The van der Waals surface area contributed by atoms with Gasteiger partial charge in [-0.05, 0) is 38.4 Å². The van der Waals surface area contributed by atoms with E-state index in [-0.39, 0.29) is 0 Å². The molecule has 0 bridgehead atoms. The summed E-state index contributed by atoms with van der Waals surface area (Å²) in [5, 5.41) is 3.53. The predicted molar refractivity (Wildman–Crippen MR) is 75.3 cm³/mol. The minimum atomic E-state index is 0.294. The summed E-state index contributed by atoms with van der Waals surface area (Å²) in [5.41, 5.74) is 1.28. The van der Waals surface area contributed by atoms with Crippen molar-refractivity contribution in [2.24, 2.45) is 0 Å². The van der Waals surface area contributed by atoms with Crippen molar-refractivity contribution in [3.8, 4) is 0 Å². The first kappa shape index (κ1) is 12.2. The van der Waals surface area contributed by atoms with E-state index in [1.165, 1.54) is 23.4 Å². The Bertz CT molecular complexity index is 528. The summed E-state index contributed by atoms with van der Waals surface area (Å²) in [6.07, 6.45) is 6.35. The van der Waals surface area contributed by atoms with Gasteiger partial charge in [-0.3, -0.25) is 0 Å². The van der Waals surface area contributed by atoms with Crippen LogP contribution in [0.1, 0.15) is 42.4 Å². The molecule has 18 heavy (non-hydrogen) atoms. The van der Waals surface area contributed by atoms with Crippen LogP contribution in [-0.4, -0.2) is 16.1 Å². The van der Waals surface area contributed by atoms with Gasteiger partial charge in [0.25, 0.3) is 0 Å². The minimum Gasteiger partial charge on any atom is -0.325 e. The Kier molecular flexibility index (Phi) is 3.41. The molecule has 0 radical (unpaired) electrons. The summed E-state index contributed by atoms with van der Waals surface area (Å²) in [6.45, 7) is 3.30. The van der Waals surface area contributed by atoms with E-state index in [4.69, 9.17) is 11.6 Å². The van der Waals surface area contributed by atoms with Gasteiger partial charge in [0.1, 0.15) is 0 Å². The molecule has 0 spiro atoms. The van der Waals surface area contributed by atoms with Crippen LogP contribution < -0.4 is 5.32 Å². The second kappa shape index (κ2) is 5.03. The van der Waals surface area contributed by atoms with E-state index < -0.39 is 0 Å². The smallest absolute Gasteiger partial charge is 0.0954 e. The van der Waals surface area contributed by atoms with Crippen molar-refractivity contribution >= 4 is 22.9 Å². The maximum atomic E-state index is 6.01. The first-order valence-corrected chi connectivity index (χ1v) is 7.45. The van der Waals surface area contributed by atoms with Gasteiger partial charge < -0.3 is 9.88 Å². The van der Waals surface area contributed by atoms with Crippen LogP contribution in [0.2, 0.25) is 4.34 Å². The molecule has 5 heteroatoms. The summed E-state index contributed by atoms with van der Waals surface area (Å²) < 4.78 is 3.10. The number of halogens is 1. The Balaban J connectivity index is 1.89. The molecular formula is C13H16ClN3S.